The predicted octanol–water partition coefficient (Wildman–Crippen LogP) is 4.48. The van der Waals surface area contributed by atoms with E-state index in [0.717, 1.165) is 25.8 Å². The number of hydrogen-bond donors (Lipinski definition) is 1. The molecule has 0 unspecified atom stereocenters. The van der Waals surface area contributed by atoms with Crippen LogP contribution in [0.2, 0.25) is 5.02 Å². The predicted molar refractivity (Wildman–Crippen MR) is 84.7 cm³/mol. The second-order valence-corrected chi connectivity index (χ2v) is 5.68. The molecule has 2 aromatic carbocycles. The molecule has 0 amide bonds. The molecule has 3 rings (SSSR count). The Morgan fingerprint density at radius 1 is 1.05 bits per heavy atom. The maximum absolute atomic E-state index is 6.03. The third kappa shape index (κ3) is 2.71. The number of benzene rings is 2. The van der Waals surface area contributed by atoms with Crippen LogP contribution in [-0.2, 0) is 0 Å². The Morgan fingerprint density at radius 2 is 1.90 bits per heavy atom. The molecule has 3 aromatic rings. The number of halogens is 1. The first kappa shape index (κ1) is 13.2. The molecule has 0 aliphatic carbocycles. The standard InChI is InChI=1S/C15H12ClN3S/c1-17-15-18-13-8-3-2-7-12(13)14(19-15)20-11-6-4-5-10(16)9-11/h2-9H,1H3,(H,17,18,19). The summed E-state index contributed by atoms with van der Waals surface area (Å²) in [5.74, 6) is 0.619. The summed E-state index contributed by atoms with van der Waals surface area (Å²) in [5, 5.41) is 5.68. The van der Waals surface area contributed by atoms with Crippen molar-refractivity contribution in [2.75, 3.05) is 12.4 Å². The van der Waals surface area contributed by atoms with Gasteiger partial charge in [-0.1, -0.05) is 47.6 Å². The van der Waals surface area contributed by atoms with Crippen LogP contribution < -0.4 is 5.32 Å². The van der Waals surface area contributed by atoms with Crippen molar-refractivity contribution in [3.05, 3.63) is 53.6 Å². The summed E-state index contributed by atoms with van der Waals surface area (Å²) in [7, 11) is 1.82. The van der Waals surface area contributed by atoms with Gasteiger partial charge < -0.3 is 5.32 Å². The second-order valence-electron chi connectivity index (χ2n) is 4.18. The molecule has 1 N–H and O–H groups in total. The molecule has 1 heterocycles. The third-order valence-corrected chi connectivity index (χ3v) is 4.03. The van der Waals surface area contributed by atoms with Crippen LogP contribution in [0.1, 0.15) is 0 Å². The Labute approximate surface area is 126 Å². The smallest absolute Gasteiger partial charge is 0.224 e. The first-order valence-electron chi connectivity index (χ1n) is 6.14. The van der Waals surface area contributed by atoms with Gasteiger partial charge in [0.15, 0.2) is 0 Å². The first-order valence-corrected chi connectivity index (χ1v) is 7.33. The summed E-state index contributed by atoms with van der Waals surface area (Å²) in [5.41, 5.74) is 0.927. The van der Waals surface area contributed by atoms with Gasteiger partial charge in [-0.05, 0) is 24.3 Å². The Kier molecular flexibility index (Phi) is 3.76. The highest BCUT2D eigenvalue weighted by Crippen LogP contribution is 2.33. The minimum absolute atomic E-state index is 0.619. The van der Waals surface area contributed by atoms with Gasteiger partial charge in [0.05, 0.1) is 5.52 Å². The molecule has 5 heteroatoms. The van der Waals surface area contributed by atoms with Crippen LogP contribution in [0.25, 0.3) is 10.9 Å². The zero-order chi connectivity index (χ0) is 13.9. The molecular weight excluding hydrogens is 290 g/mol. The molecule has 3 nitrogen and oxygen atoms in total. The van der Waals surface area contributed by atoms with Gasteiger partial charge in [0.1, 0.15) is 5.03 Å². The number of fused-ring (bicyclic) bond motifs is 1. The molecule has 0 atom stereocenters. The largest absolute Gasteiger partial charge is 0.357 e. The van der Waals surface area contributed by atoms with E-state index in [4.69, 9.17) is 11.6 Å². The van der Waals surface area contributed by atoms with E-state index in [-0.39, 0.29) is 0 Å². The van der Waals surface area contributed by atoms with Gasteiger partial charge in [-0.25, -0.2) is 9.97 Å². The fourth-order valence-corrected chi connectivity index (χ4v) is 3.10. The Balaban J connectivity index is 2.10. The third-order valence-electron chi connectivity index (χ3n) is 2.80. The van der Waals surface area contributed by atoms with Crippen molar-refractivity contribution >= 4 is 40.2 Å². The van der Waals surface area contributed by atoms with Gasteiger partial charge >= 0.3 is 0 Å². The van der Waals surface area contributed by atoms with Crippen molar-refractivity contribution in [1.29, 1.82) is 0 Å². The molecule has 0 radical (unpaired) electrons. The molecule has 0 spiro atoms. The van der Waals surface area contributed by atoms with Gasteiger partial charge in [-0.2, -0.15) is 0 Å². The van der Waals surface area contributed by atoms with Crippen molar-refractivity contribution in [3.63, 3.8) is 0 Å². The number of nitrogens with zero attached hydrogens (tertiary/aromatic N) is 2. The lowest BCUT2D eigenvalue weighted by Crippen LogP contribution is -1.98. The van der Waals surface area contributed by atoms with Crippen LogP contribution >= 0.6 is 23.4 Å². The summed E-state index contributed by atoms with van der Waals surface area (Å²) in [4.78, 5) is 10.1. The average Bonchev–Trinajstić information content (AvgIpc) is 2.47. The maximum atomic E-state index is 6.03. The highest BCUT2D eigenvalue weighted by molar-refractivity contribution is 7.99. The molecule has 0 aliphatic heterocycles. The average molecular weight is 302 g/mol. The molecule has 0 aliphatic rings. The monoisotopic (exact) mass is 301 g/mol. The maximum Gasteiger partial charge on any atom is 0.224 e. The molecule has 0 fully saturated rings. The molecule has 0 saturated heterocycles. The molecule has 100 valence electrons. The Bertz CT molecular complexity index is 761. The van der Waals surface area contributed by atoms with E-state index >= 15 is 0 Å². The molecule has 0 saturated carbocycles. The number of para-hydroxylation sites is 1. The lowest BCUT2D eigenvalue weighted by Gasteiger charge is -2.08. The van der Waals surface area contributed by atoms with Crippen molar-refractivity contribution in [1.82, 2.24) is 9.97 Å². The van der Waals surface area contributed by atoms with Crippen LogP contribution in [0.15, 0.2) is 58.5 Å². The van der Waals surface area contributed by atoms with Gasteiger partial charge in [0, 0.05) is 22.4 Å². The van der Waals surface area contributed by atoms with Gasteiger partial charge in [0.25, 0.3) is 0 Å². The minimum atomic E-state index is 0.619. The number of anilines is 1. The summed E-state index contributed by atoms with van der Waals surface area (Å²) in [6.45, 7) is 0. The SMILES string of the molecule is CNc1nc(Sc2cccc(Cl)c2)c2ccccc2n1. The summed E-state index contributed by atoms with van der Waals surface area (Å²) in [6.07, 6.45) is 0. The Hall–Kier alpha value is -1.78. The number of hydrogen-bond acceptors (Lipinski definition) is 4. The van der Waals surface area contributed by atoms with Gasteiger partial charge in [-0.15, -0.1) is 0 Å². The van der Waals surface area contributed by atoms with Crippen molar-refractivity contribution in [2.24, 2.45) is 0 Å². The second kappa shape index (κ2) is 5.69. The molecule has 1 aromatic heterocycles. The zero-order valence-electron chi connectivity index (χ0n) is 10.8. The fourth-order valence-electron chi connectivity index (χ4n) is 1.88. The normalized spacial score (nSPS) is 10.7. The number of aromatic nitrogens is 2. The van der Waals surface area contributed by atoms with Gasteiger partial charge in [-0.3, -0.25) is 0 Å². The van der Waals surface area contributed by atoms with Crippen LogP contribution in [0, 0.1) is 0 Å². The Morgan fingerprint density at radius 3 is 2.70 bits per heavy atom. The van der Waals surface area contributed by atoms with Crippen LogP contribution in [-0.4, -0.2) is 17.0 Å². The van der Waals surface area contributed by atoms with E-state index in [2.05, 4.69) is 15.3 Å². The molecular formula is C15H12ClN3S. The van der Waals surface area contributed by atoms with E-state index in [9.17, 15) is 0 Å². The lowest BCUT2D eigenvalue weighted by molar-refractivity contribution is 1.09. The van der Waals surface area contributed by atoms with Crippen molar-refractivity contribution in [3.8, 4) is 0 Å². The fraction of sp³-hybridized carbons (Fsp3) is 0.0667. The quantitative estimate of drug-likeness (QED) is 0.724. The van der Waals surface area contributed by atoms with E-state index in [0.29, 0.717) is 5.95 Å². The van der Waals surface area contributed by atoms with E-state index in [1.165, 1.54) is 0 Å². The van der Waals surface area contributed by atoms with Crippen LogP contribution in [0.4, 0.5) is 5.95 Å². The number of nitrogens with one attached hydrogen (secondary N) is 1. The lowest BCUT2D eigenvalue weighted by atomic mass is 10.2. The van der Waals surface area contributed by atoms with E-state index in [1.807, 2.05) is 55.6 Å². The topological polar surface area (TPSA) is 37.8 Å². The highest BCUT2D eigenvalue weighted by atomic mass is 35.5. The van der Waals surface area contributed by atoms with Crippen molar-refractivity contribution < 1.29 is 0 Å². The highest BCUT2D eigenvalue weighted by Gasteiger charge is 2.08. The molecule has 0 bridgehead atoms. The van der Waals surface area contributed by atoms with Gasteiger partial charge in [0.2, 0.25) is 5.95 Å². The van der Waals surface area contributed by atoms with E-state index < -0.39 is 0 Å². The summed E-state index contributed by atoms with van der Waals surface area (Å²) < 4.78 is 0. The van der Waals surface area contributed by atoms with Crippen molar-refractivity contribution in [2.45, 2.75) is 9.92 Å². The van der Waals surface area contributed by atoms with Crippen LogP contribution in [0.3, 0.4) is 0 Å². The minimum Gasteiger partial charge on any atom is -0.357 e. The number of rotatable bonds is 3. The molecule has 20 heavy (non-hydrogen) atoms. The summed E-state index contributed by atoms with van der Waals surface area (Å²) in [6, 6.07) is 15.7. The van der Waals surface area contributed by atoms with Crippen LogP contribution in [0.5, 0.6) is 0 Å². The van der Waals surface area contributed by atoms with E-state index in [1.54, 1.807) is 11.8 Å². The first-order chi connectivity index (χ1) is 9.76. The zero-order valence-corrected chi connectivity index (χ0v) is 12.4. The summed E-state index contributed by atoms with van der Waals surface area (Å²) >= 11 is 7.61.